The van der Waals surface area contributed by atoms with E-state index in [0.717, 1.165) is 81.8 Å². The molecule has 0 saturated heterocycles. The summed E-state index contributed by atoms with van der Waals surface area (Å²) in [5.41, 5.74) is 12.8. The largest absolute Gasteiger partial charge is 0.377 e. The first-order valence-electron chi connectivity index (χ1n) is 15.6. The first kappa shape index (κ1) is 34.0. The Kier molecular flexibility index (Phi) is 13.9. The number of aliphatic imine (C=N–C) groups is 2. The zero-order valence-corrected chi connectivity index (χ0v) is 26.7. The van der Waals surface area contributed by atoms with Gasteiger partial charge in [-0.15, -0.1) is 0 Å². The summed E-state index contributed by atoms with van der Waals surface area (Å²) >= 11 is 0. The fourth-order valence-electron chi connectivity index (χ4n) is 5.30. The molecule has 0 aromatic heterocycles. The molecule has 2 aromatic rings. The molecule has 2 amide bonds. The molecule has 43 heavy (non-hydrogen) atoms. The van der Waals surface area contributed by atoms with Crippen LogP contribution in [0.2, 0.25) is 0 Å². The van der Waals surface area contributed by atoms with Gasteiger partial charge in [-0.1, -0.05) is 75.6 Å². The van der Waals surface area contributed by atoms with Crippen LogP contribution in [-0.2, 0) is 10.0 Å². The Morgan fingerprint density at radius 2 is 1.60 bits per heavy atom. The number of urea groups is 1. The lowest BCUT2D eigenvalue weighted by molar-refractivity contribution is 0.200. The summed E-state index contributed by atoms with van der Waals surface area (Å²) in [7, 11) is -0.0374. The summed E-state index contributed by atoms with van der Waals surface area (Å²) in [4.78, 5) is 25.2. The van der Waals surface area contributed by atoms with E-state index in [2.05, 4.69) is 20.0 Å². The number of nitrogens with two attached hydrogens (primary N) is 2. The summed E-state index contributed by atoms with van der Waals surface area (Å²) in [5.74, 6) is 0.101. The van der Waals surface area contributed by atoms with E-state index in [1.165, 1.54) is 12.8 Å². The molecule has 3 rings (SSSR count). The van der Waals surface area contributed by atoms with Crippen LogP contribution in [0.5, 0.6) is 0 Å². The number of guanidine groups is 2. The Hall–Kier alpha value is -3.54. The van der Waals surface area contributed by atoms with Crippen LogP contribution in [0.4, 0.5) is 10.5 Å². The van der Waals surface area contributed by atoms with Crippen molar-refractivity contribution in [3.63, 3.8) is 0 Å². The van der Waals surface area contributed by atoms with Crippen LogP contribution in [0.1, 0.15) is 77.0 Å². The zero-order chi connectivity index (χ0) is 31.1. The molecule has 12 heteroatoms. The van der Waals surface area contributed by atoms with Crippen molar-refractivity contribution in [2.75, 3.05) is 45.2 Å². The predicted octanol–water partition coefficient (Wildman–Crippen LogP) is 4.52. The molecule has 0 radical (unpaired) electrons. The molecular weight excluding hydrogens is 564 g/mol. The maximum absolute atomic E-state index is 13.1. The van der Waals surface area contributed by atoms with Crippen molar-refractivity contribution < 1.29 is 13.2 Å². The normalized spacial score (nSPS) is 16.0. The first-order valence-corrected chi connectivity index (χ1v) is 17.0. The molecule has 0 bridgehead atoms. The second-order valence-corrected chi connectivity index (χ2v) is 13.0. The highest BCUT2D eigenvalue weighted by Crippen LogP contribution is 2.30. The number of nitrogens with one attached hydrogen (secondary N) is 2. The van der Waals surface area contributed by atoms with Crippen molar-refractivity contribution in [2.45, 2.75) is 81.9 Å². The molecule has 0 spiro atoms. The fourth-order valence-corrected chi connectivity index (χ4v) is 6.47. The fraction of sp³-hybridized carbons (Fsp3) is 0.581. The SMILES string of the molecule is CN(C)c1cccc2c(S(=O)(=O)NC(N)=NCCCCCCCCN3CCCCCCCCN=C(N)NC3=O)cccc12. The summed E-state index contributed by atoms with van der Waals surface area (Å²) in [6.45, 7) is 2.54. The van der Waals surface area contributed by atoms with Crippen LogP contribution in [0.3, 0.4) is 0 Å². The van der Waals surface area contributed by atoms with Gasteiger partial charge in [-0.2, -0.15) is 0 Å². The average Bonchev–Trinajstić information content (AvgIpc) is 2.98. The zero-order valence-electron chi connectivity index (χ0n) is 25.9. The topological polar surface area (TPSA) is 159 Å². The lowest BCUT2D eigenvalue weighted by Crippen LogP contribution is -2.46. The minimum atomic E-state index is -3.89. The first-order chi connectivity index (χ1) is 20.7. The summed E-state index contributed by atoms with van der Waals surface area (Å²) < 4.78 is 28.6. The number of nitrogens with zero attached hydrogens (tertiary/aromatic N) is 4. The van der Waals surface area contributed by atoms with Crippen LogP contribution in [0.25, 0.3) is 10.8 Å². The van der Waals surface area contributed by atoms with E-state index in [1.54, 1.807) is 18.2 Å². The predicted molar refractivity (Wildman–Crippen MR) is 177 cm³/mol. The van der Waals surface area contributed by atoms with Gasteiger partial charge in [0.15, 0.2) is 5.96 Å². The van der Waals surface area contributed by atoms with E-state index in [-0.39, 0.29) is 22.8 Å². The third-order valence-electron chi connectivity index (χ3n) is 7.63. The number of hydrogen-bond acceptors (Lipinski definition) is 7. The van der Waals surface area contributed by atoms with Crippen LogP contribution in [0, 0.1) is 0 Å². The van der Waals surface area contributed by atoms with Crippen LogP contribution < -0.4 is 26.4 Å². The lowest BCUT2D eigenvalue weighted by Gasteiger charge is -2.23. The average molecular weight is 615 g/mol. The molecule has 2 aromatic carbocycles. The molecule has 0 unspecified atom stereocenters. The molecular formula is C31H50N8O3S. The number of sulfonamides is 1. The molecule has 11 nitrogen and oxygen atoms in total. The molecule has 1 heterocycles. The molecule has 6 N–H and O–H groups in total. The van der Waals surface area contributed by atoms with Gasteiger partial charge in [0.25, 0.3) is 10.0 Å². The minimum Gasteiger partial charge on any atom is -0.377 e. The Morgan fingerprint density at radius 1 is 0.953 bits per heavy atom. The second-order valence-electron chi connectivity index (χ2n) is 11.3. The number of carbonyl (C=O) groups is 1. The number of fused-ring (bicyclic) bond motifs is 1. The van der Waals surface area contributed by atoms with Crippen LogP contribution in [0.15, 0.2) is 51.3 Å². The monoisotopic (exact) mass is 614 g/mol. The van der Waals surface area contributed by atoms with E-state index in [1.807, 2.05) is 42.1 Å². The summed E-state index contributed by atoms with van der Waals surface area (Å²) in [6, 6.07) is 10.7. The highest BCUT2D eigenvalue weighted by molar-refractivity contribution is 7.90. The van der Waals surface area contributed by atoms with Gasteiger partial charge in [-0.25, -0.2) is 17.9 Å². The van der Waals surface area contributed by atoms with Crippen LogP contribution in [-0.4, -0.2) is 71.5 Å². The molecule has 238 valence electrons. The highest BCUT2D eigenvalue weighted by atomic mass is 32.2. The highest BCUT2D eigenvalue weighted by Gasteiger charge is 2.19. The Balaban J connectivity index is 1.38. The van der Waals surface area contributed by atoms with E-state index >= 15 is 0 Å². The third-order valence-corrected chi connectivity index (χ3v) is 9.04. The maximum Gasteiger partial charge on any atom is 0.324 e. The number of amides is 2. The number of carbonyl (C=O) groups excluding carboxylic acids is 1. The number of anilines is 1. The van der Waals surface area contributed by atoms with Crippen molar-refractivity contribution in [3.05, 3.63) is 36.4 Å². The number of rotatable bonds is 12. The van der Waals surface area contributed by atoms with Gasteiger partial charge in [0.2, 0.25) is 5.96 Å². The van der Waals surface area contributed by atoms with Gasteiger partial charge >= 0.3 is 6.03 Å². The standard InChI is InChI=1S/C31H50N8O3S/c1-38(2)27-19-15-18-26-25(27)17-16-20-28(26)43(41,42)37-30(33)35-22-12-8-4-6-10-14-24-39-23-13-9-5-3-7-11-21-34-29(32)36-31(39)40/h15-20H,3-14,21-24H2,1-2H3,(H3,33,35,37)(H3,32,34,36,40). The van der Waals surface area contributed by atoms with Gasteiger partial charge < -0.3 is 21.3 Å². The molecule has 1 aliphatic heterocycles. The van der Waals surface area contributed by atoms with Gasteiger partial charge in [0.1, 0.15) is 0 Å². The Labute approximate surface area is 257 Å². The van der Waals surface area contributed by atoms with Crippen molar-refractivity contribution >= 4 is 44.4 Å². The molecule has 0 atom stereocenters. The van der Waals surface area contributed by atoms with Crippen LogP contribution >= 0.6 is 0 Å². The minimum absolute atomic E-state index is 0.105. The van der Waals surface area contributed by atoms with Crippen molar-refractivity contribution in [1.29, 1.82) is 0 Å². The van der Waals surface area contributed by atoms with Gasteiger partial charge in [-0.05, 0) is 37.8 Å². The Bertz CT molecular complexity index is 1340. The van der Waals surface area contributed by atoms with Crippen molar-refractivity contribution in [1.82, 2.24) is 14.9 Å². The van der Waals surface area contributed by atoms with E-state index in [9.17, 15) is 13.2 Å². The lowest BCUT2D eigenvalue weighted by atomic mass is 10.1. The molecule has 0 saturated carbocycles. The van der Waals surface area contributed by atoms with Gasteiger partial charge in [0, 0.05) is 56.7 Å². The van der Waals surface area contributed by atoms with E-state index in [4.69, 9.17) is 11.5 Å². The van der Waals surface area contributed by atoms with Crippen molar-refractivity contribution in [2.24, 2.45) is 21.5 Å². The Morgan fingerprint density at radius 3 is 2.37 bits per heavy atom. The summed E-state index contributed by atoms with van der Waals surface area (Å²) in [5, 5.41) is 4.22. The molecule has 0 fully saturated rings. The van der Waals surface area contributed by atoms with E-state index in [0.29, 0.717) is 25.0 Å². The van der Waals surface area contributed by atoms with Gasteiger partial charge in [0.05, 0.1) is 4.90 Å². The van der Waals surface area contributed by atoms with E-state index < -0.39 is 10.0 Å². The maximum atomic E-state index is 13.1. The van der Waals surface area contributed by atoms with Gasteiger partial charge in [-0.3, -0.25) is 15.3 Å². The smallest absolute Gasteiger partial charge is 0.324 e. The molecule has 0 aliphatic carbocycles. The quantitative estimate of drug-likeness (QED) is 0.156. The second kappa shape index (κ2) is 17.5. The number of unbranched alkanes of at least 4 members (excludes halogenated alkanes) is 5. The third kappa shape index (κ3) is 11.2. The molecule has 1 aliphatic rings. The number of benzene rings is 2. The number of hydrogen-bond donors (Lipinski definition) is 4. The van der Waals surface area contributed by atoms with Crippen molar-refractivity contribution in [3.8, 4) is 0 Å². The summed E-state index contributed by atoms with van der Waals surface area (Å²) in [6.07, 6.45) is 12.5.